The molecule has 1 aromatic carbocycles. The summed E-state index contributed by atoms with van der Waals surface area (Å²) in [7, 11) is 0. The Hall–Kier alpha value is -3.13. The molecule has 0 radical (unpaired) electrons. The van der Waals surface area contributed by atoms with Crippen LogP contribution in [0, 0.1) is 0 Å². The zero-order chi connectivity index (χ0) is 20.8. The zero-order valence-corrected chi connectivity index (χ0v) is 17.3. The van der Waals surface area contributed by atoms with Crippen molar-refractivity contribution in [1.29, 1.82) is 0 Å². The van der Waals surface area contributed by atoms with Gasteiger partial charge in [-0.05, 0) is 51.1 Å². The molecule has 3 rings (SSSR count). The summed E-state index contributed by atoms with van der Waals surface area (Å²) in [5.74, 6) is 0.454. The Bertz CT molecular complexity index is 1000. The van der Waals surface area contributed by atoms with E-state index in [9.17, 15) is 9.90 Å². The number of hydrogen-bond acceptors (Lipinski definition) is 8. The lowest BCUT2D eigenvalue weighted by Crippen LogP contribution is -2.08. The van der Waals surface area contributed by atoms with Crippen LogP contribution in [0.2, 0.25) is 0 Å². The normalized spacial score (nSPS) is 10.6. The quantitative estimate of drug-likeness (QED) is 0.541. The van der Waals surface area contributed by atoms with E-state index in [1.54, 1.807) is 13.0 Å². The molecule has 0 amide bonds. The summed E-state index contributed by atoms with van der Waals surface area (Å²) in [4.78, 5) is 20.8. The third-order valence-electron chi connectivity index (χ3n) is 3.90. The molecule has 0 aliphatic rings. The van der Waals surface area contributed by atoms with Crippen molar-refractivity contribution in [3.63, 3.8) is 0 Å². The summed E-state index contributed by atoms with van der Waals surface area (Å²) >= 11 is 1.45. The number of thiazole rings is 1. The van der Waals surface area contributed by atoms with E-state index in [4.69, 9.17) is 14.2 Å². The molecule has 0 atom stereocenters. The minimum absolute atomic E-state index is 0.126. The summed E-state index contributed by atoms with van der Waals surface area (Å²) in [5.41, 5.74) is 1.84. The van der Waals surface area contributed by atoms with Crippen LogP contribution in [0.5, 0.6) is 17.2 Å². The Labute approximate surface area is 172 Å². The van der Waals surface area contributed by atoms with Crippen LogP contribution in [0.3, 0.4) is 0 Å². The lowest BCUT2D eigenvalue weighted by molar-refractivity contribution is 0.0516. The van der Waals surface area contributed by atoms with Crippen molar-refractivity contribution in [3.05, 3.63) is 41.4 Å². The van der Waals surface area contributed by atoms with Crippen molar-refractivity contribution in [2.24, 2.45) is 0 Å². The predicted octanol–water partition coefficient (Wildman–Crippen LogP) is 4.55. The number of nitrogens with zero attached hydrogens (tertiary/aromatic N) is 2. The number of esters is 1. The van der Waals surface area contributed by atoms with Gasteiger partial charge in [-0.1, -0.05) is 0 Å². The van der Waals surface area contributed by atoms with Gasteiger partial charge in [-0.15, -0.1) is 11.3 Å². The Morgan fingerprint density at radius 2 is 1.72 bits per heavy atom. The molecule has 2 heterocycles. The molecule has 152 valence electrons. The maximum Gasteiger partial charge on any atom is 0.360 e. The second kappa shape index (κ2) is 9.38. The first-order chi connectivity index (χ1) is 14.1. The van der Waals surface area contributed by atoms with Crippen LogP contribution in [0.4, 0.5) is 0 Å². The molecule has 0 saturated heterocycles. The molecule has 29 heavy (non-hydrogen) atoms. The van der Waals surface area contributed by atoms with Gasteiger partial charge in [-0.25, -0.2) is 14.8 Å². The lowest BCUT2D eigenvalue weighted by Gasteiger charge is -2.11. The number of ether oxygens (including phenoxy) is 3. The van der Waals surface area contributed by atoms with Gasteiger partial charge in [0.15, 0.2) is 17.2 Å². The van der Waals surface area contributed by atoms with E-state index >= 15 is 0 Å². The van der Waals surface area contributed by atoms with E-state index in [2.05, 4.69) is 9.97 Å². The van der Waals surface area contributed by atoms with E-state index in [1.807, 2.05) is 37.4 Å². The van der Waals surface area contributed by atoms with Gasteiger partial charge < -0.3 is 19.3 Å². The Morgan fingerprint density at radius 3 is 2.45 bits per heavy atom. The summed E-state index contributed by atoms with van der Waals surface area (Å²) in [6, 6.07) is 8.71. The standard InChI is InChI=1S/C21H22N2O5S/c1-4-26-17-10-7-13(11-18(17)27-5-2)20-23-15(12-29-20)14-8-9-16(24)19(22-14)21(25)28-6-3/h7-12,24H,4-6H2,1-3H3. The molecule has 1 N–H and O–H groups in total. The van der Waals surface area contributed by atoms with Gasteiger partial charge in [0.1, 0.15) is 16.5 Å². The number of aromatic nitrogens is 2. The number of hydrogen-bond donors (Lipinski definition) is 1. The lowest BCUT2D eigenvalue weighted by atomic mass is 10.2. The van der Waals surface area contributed by atoms with Crippen LogP contribution in [0.15, 0.2) is 35.7 Å². The molecule has 0 unspecified atom stereocenters. The number of pyridine rings is 1. The van der Waals surface area contributed by atoms with Crippen molar-refractivity contribution in [3.8, 4) is 39.2 Å². The van der Waals surface area contributed by atoms with Gasteiger partial charge in [0.25, 0.3) is 0 Å². The summed E-state index contributed by atoms with van der Waals surface area (Å²) < 4.78 is 16.2. The summed E-state index contributed by atoms with van der Waals surface area (Å²) in [5, 5.41) is 12.5. The van der Waals surface area contributed by atoms with Crippen LogP contribution in [-0.2, 0) is 4.74 Å². The maximum atomic E-state index is 12.0. The molecular weight excluding hydrogens is 392 g/mol. The fourth-order valence-electron chi connectivity index (χ4n) is 2.65. The molecule has 0 saturated carbocycles. The molecule has 8 heteroatoms. The average Bonchev–Trinajstić information content (AvgIpc) is 3.20. The maximum absolute atomic E-state index is 12.0. The van der Waals surface area contributed by atoms with Crippen molar-refractivity contribution in [2.75, 3.05) is 19.8 Å². The zero-order valence-electron chi connectivity index (χ0n) is 16.5. The van der Waals surface area contributed by atoms with Crippen LogP contribution in [0.1, 0.15) is 31.3 Å². The van der Waals surface area contributed by atoms with E-state index in [0.717, 1.165) is 10.6 Å². The van der Waals surface area contributed by atoms with E-state index in [-0.39, 0.29) is 18.1 Å². The minimum atomic E-state index is -0.671. The fourth-order valence-corrected chi connectivity index (χ4v) is 3.46. The smallest absolute Gasteiger partial charge is 0.360 e. The number of carbonyl (C=O) groups excluding carboxylic acids is 1. The number of aromatic hydroxyl groups is 1. The summed E-state index contributed by atoms with van der Waals surface area (Å²) in [6.45, 7) is 6.81. The van der Waals surface area contributed by atoms with Crippen molar-refractivity contribution in [2.45, 2.75) is 20.8 Å². The van der Waals surface area contributed by atoms with Crippen molar-refractivity contribution < 1.29 is 24.1 Å². The first kappa shape index (κ1) is 20.6. The predicted molar refractivity (Wildman–Crippen MR) is 111 cm³/mol. The largest absolute Gasteiger partial charge is 0.505 e. The highest BCUT2D eigenvalue weighted by Gasteiger charge is 2.17. The van der Waals surface area contributed by atoms with Crippen molar-refractivity contribution >= 4 is 17.3 Å². The Morgan fingerprint density at radius 1 is 0.966 bits per heavy atom. The highest BCUT2D eigenvalue weighted by atomic mass is 32.1. The molecule has 0 bridgehead atoms. The number of carbonyl (C=O) groups is 1. The van der Waals surface area contributed by atoms with Gasteiger partial charge in [-0.3, -0.25) is 0 Å². The number of benzene rings is 1. The first-order valence-electron chi connectivity index (χ1n) is 9.30. The topological polar surface area (TPSA) is 90.8 Å². The van der Waals surface area contributed by atoms with Gasteiger partial charge >= 0.3 is 5.97 Å². The second-order valence-electron chi connectivity index (χ2n) is 5.85. The fraction of sp³-hybridized carbons (Fsp3) is 0.286. The molecule has 3 aromatic rings. The molecule has 7 nitrogen and oxygen atoms in total. The molecule has 2 aromatic heterocycles. The van der Waals surface area contributed by atoms with Gasteiger partial charge in [0.2, 0.25) is 0 Å². The van der Waals surface area contributed by atoms with E-state index in [0.29, 0.717) is 36.1 Å². The highest BCUT2D eigenvalue weighted by molar-refractivity contribution is 7.13. The molecular formula is C21H22N2O5S. The van der Waals surface area contributed by atoms with Gasteiger partial charge in [-0.2, -0.15) is 0 Å². The Kier molecular flexibility index (Phi) is 6.66. The van der Waals surface area contributed by atoms with Crippen LogP contribution < -0.4 is 9.47 Å². The molecule has 0 spiro atoms. The van der Waals surface area contributed by atoms with Crippen molar-refractivity contribution in [1.82, 2.24) is 9.97 Å². The van der Waals surface area contributed by atoms with Gasteiger partial charge in [0, 0.05) is 10.9 Å². The minimum Gasteiger partial charge on any atom is -0.505 e. The SMILES string of the molecule is CCOC(=O)c1nc(-c2csc(-c3ccc(OCC)c(OCC)c3)n2)ccc1O. The van der Waals surface area contributed by atoms with Crippen LogP contribution >= 0.6 is 11.3 Å². The highest BCUT2D eigenvalue weighted by Crippen LogP contribution is 2.35. The van der Waals surface area contributed by atoms with Crippen LogP contribution in [0.25, 0.3) is 22.0 Å². The molecule has 0 aliphatic carbocycles. The molecule has 0 aliphatic heterocycles. The van der Waals surface area contributed by atoms with Gasteiger partial charge in [0.05, 0.1) is 25.5 Å². The average molecular weight is 414 g/mol. The second-order valence-corrected chi connectivity index (χ2v) is 6.71. The van der Waals surface area contributed by atoms with E-state index in [1.165, 1.54) is 17.4 Å². The monoisotopic (exact) mass is 414 g/mol. The van der Waals surface area contributed by atoms with Crippen LogP contribution in [-0.4, -0.2) is 40.9 Å². The third-order valence-corrected chi connectivity index (χ3v) is 4.79. The van der Waals surface area contributed by atoms with E-state index < -0.39 is 5.97 Å². The number of rotatable bonds is 8. The summed E-state index contributed by atoms with van der Waals surface area (Å²) in [6.07, 6.45) is 0. The first-order valence-corrected chi connectivity index (χ1v) is 10.2. The Balaban J connectivity index is 1.92. The molecule has 0 fully saturated rings. The third kappa shape index (κ3) is 4.65.